The van der Waals surface area contributed by atoms with E-state index in [2.05, 4.69) is 12.6 Å². The van der Waals surface area contributed by atoms with E-state index in [9.17, 15) is 4.79 Å². The van der Waals surface area contributed by atoms with Gasteiger partial charge >= 0.3 is 0 Å². The molecule has 1 rings (SSSR count). The van der Waals surface area contributed by atoms with E-state index >= 15 is 0 Å². The van der Waals surface area contributed by atoms with E-state index in [1.165, 1.54) is 25.7 Å². The zero-order valence-electron chi connectivity index (χ0n) is 7.62. The van der Waals surface area contributed by atoms with Gasteiger partial charge in [0.25, 0.3) is 0 Å². The first kappa shape index (κ1) is 9.90. The average Bonchev–Trinajstić information content (AvgIpc) is 2.58. The van der Waals surface area contributed by atoms with E-state index in [0.29, 0.717) is 11.8 Å². The normalized spacial score (nSPS) is 18.2. The van der Waals surface area contributed by atoms with Crippen molar-refractivity contribution in [1.29, 1.82) is 0 Å². The number of rotatable bonds is 3. The third-order valence-electron chi connectivity index (χ3n) is 2.56. The van der Waals surface area contributed by atoms with Crippen LogP contribution in [0.2, 0.25) is 0 Å². The molecule has 0 aromatic carbocycles. The molecule has 0 unspecified atom stereocenters. The summed E-state index contributed by atoms with van der Waals surface area (Å²) in [6.07, 6.45) is 4.93. The fraction of sp³-hybridized carbons (Fsp3) is 0.889. The van der Waals surface area contributed by atoms with E-state index in [0.717, 1.165) is 6.54 Å². The van der Waals surface area contributed by atoms with Crippen molar-refractivity contribution in [3.63, 3.8) is 0 Å². The second kappa shape index (κ2) is 4.75. The zero-order valence-corrected chi connectivity index (χ0v) is 8.52. The number of hydrogen-bond donors (Lipinski definition) is 1. The van der Waals surface area contributed by atoms with Crippen molar-refractivity contribution < 1.29 is 4.79 Å². The molecular formula is C9H17NOS. The van der Waals surface area contributed by atoms with Gasteiger partial charge in [0.1, 0.15) is 0 Å². The van der Waals surface area contributed by atoms with Crippen LogP contribution in [0.1, 0.15) is 32.6 Å². The Morgan fingerprint density at radius 2 is 2.08 bits per heavy atom. The smallest absolute Gasteiger partial charge is 0.232 e. The monoisotopic (exact) mass is 187 g/mol. The molecule has 2 nitrogen and oxygen atoms in total. The van der Waals surface area contributed by atoms with Crippen LogP contribution >= 0.6 is 12.6 Å². The van der Waals surface area contributed by atoms with Crippen molar-refractivity contribution in [2.24, 2.45) is 0 Å². The maximum absolute atomic E-state index is 11.4. The molecule has 0 spiro atoms. The SMILES string of the molecule is CCN(C(=O)CS)C1CCCC1. The van der Waals surface area contributed by atoms with Crippen molar-refractivity contribution in [3.05, 3.63) is 0 Å². The highest BCUT2D eigenvalue weighted by molar-refractivity contribution is 7.81. The Bertz CT molecular complexity index is 155. The molecule has 0 aromatic rings. The fourth-order valence-corrected chi connectivity index (χ4v) is 2.13. The second-order valence-electron chi connectivity index (χ2n) is 3.28. The molecule has 3 heteroatoms. The van der Waals surface area contributed by atoms with Gasteiger partial charge in [0.15, 0.2) is 0 Å². The standard InChI is InChI=1S/C9H17NOS/c1-2-10(9(11)7-12)8-5-3-4-6-8/h8,12H,2-7H2,1H3. The Kier molecular flexibility index (Phi) is 3.92. The number of carbonyl (C=O) groups excluding carboxylic acids is 1. The lowest BCUT2D eigenvalue weighted by atomic mass is 10.2. The number of amides is 1. The molecular weight excluding hydrogens is 170 g/mol. The van der Waals surface area contributed by atoms with Crippen LogP contribution in [0.3, 0.4) is 0 Å². The summed E-state index contributed by atoms with van der Waals surface area (Å²) < 4.78 is 0. The van der Waals surface area contributed by atoms with Crippen molar-refractivity contribution in [2.45, 2.75) is 38.6 Å². The van der Waals surface area contributed by atoms with Crippen LogP contribution in [0.4, 0.5) is 0 Å². The van der Waals surface area contributed by atoms with Crippen LogP contribution in [-0.2, 0) is 4.79 Å². The number of thiol groups is 1. The van der Waals surface area contributed by atoms with Gasteiger partial charge in [0.05, 0.1) is 5.75 Å². The highest BCUT2D eigenvalue weighted by Crippen LogP contribution is 2.23. The Morgan fingerprint density at radius 1 is 1.50 bits per heavy atom. The lowest BCUT2D eigenvalue weighted by Gasteiger charge is -2.26. The zero-order chi connectivity index (χ0) is 8.97. The summed E-state index contributed by atoms with van der Waals surface area (Å²) in [5, 5.41) is 0. The maximum Gasteiger partial charge on any atom is 0.232 e. The van der Waals surface area contributed by atoms with Crippen LogP contribution in [-0.4, -0.2) is 29.1 Å². The highest BCUT2D eigenvalue weighted by Gasteiger charge is 2.23. The predicted molar refractivity (Wildman–Crippen MR) is 53.5 cm³/mol. The summed E-state index contributed by atoms with van der Waals surface area (Å²) in [7, 11) is 0. The van der Waals surface area contributed by atoms with Crippen molar-refractivity contribution in [2.75, 3.05) is 12.3 Å². The highest BCUT2D eigenvalue weighted by atomic mass is 32.1. The number of carbonyl (C=O) groups is 1. The van der Waals surface area contributed by atoms with Crippen LogP contribution in [0.5, 0.6) is 0 Å². The molecule has 0 atom stereocenters. The average molecular weight is 187 g/mol. The topological polar surface area (TPSA) is 20.3 Å². The minimum atomic E-state index is 0.188. The Labute approximate surface area is 79.7 Å². The largest absolute Gasteiger partial charge is 0.339 e. The predicted octanol–water partition coefficient (Wildman–Crippen LogP) is 1.71. The van der Waals surface area contributed by atoms with Crippen LogP contribution < -0.4 is 0 Å². The number of nitrogens with zero attached hydrogens (tertiary/aromatic N) is 1. The van der Waals surface area contributed by atoms with Gasteiger partial charge in [-0.2, -0.15) is 12.6 Å². The van der Waals surface area contributed by atoms with Crippen LogP contribution in [0, 0.1) is 0 Å². The summed E-state index contributed by atoms with van der Waals surface area (Å²) in [5.74, 6) is 0.539. The van der Waals surface area contributed by atoms with Gasteiger partial charge in [-0.15, -0.1) is 0 Å². The molecule has 0 N–H and O–H groups in total. The Hall–Kier alpha value is -0.180. The molecule has 1 amide bonds. The van der Waals surface area contributed by atoms with E-state index in [-0.39, 0.29) is 5.91 Å². The van der Waals surface area contributed by atoms with E-state index < -0.39 is 0 Å². The summed E-state index contributed by atoms with van der Waals surface area (Å²) in [6, 6.07) is 0.509. The van der Waals surface area contributed by atoms with Gasteiger partial charge in [0, 0.05) is 12.6 Å². The van der Waals surface area contributed by atoms with Gasteiger partial charge in [-0.1, -0.05) is 12.8 Å². The molecule has 1 aliphatic carbocycles. The van der Waals surface area contributed by atoms with Gasteiger partial charge in [-0.25, -0.2) is 0 Å². The molecule has 0 bridgehead atoms. The molecule has 1 aliphatic rings. The van der Waals surface area contributed by atoms with Gasteiger partial charge in [-0.3, -0.25) is 4.79 Å². The van der Waals surface area contributed by atoms with Crippen molar-refractivity contribution in [3.8, 4) is 0 Å². The molecule has 0 aromatic heterocycles. The third kappa shape index (κ3) is 2.16. The lowest BCUT2D eigenvalue weighted by Crippen LogP contribution is -2.39. The molecule has 1 fully saturated rings. The molecule has 0 heterocycles. The molecule has 0 aliphatic heterocycles. The Morgan fingerprint density at radius 3 is 2.50 bits per heavy atom. The summed E-state index contributed by atoms with van der Waals surface area (Å²) in [5.41, 5.74) is 0. The van der Waals surface area contributed by atoms with Crippen LogP contribution in [0.25, 0.3) is 0 Å². The second-order valence-corrected chi connectivity index (χ2v) is 3.59. The first-order valence-electron chi connectivity index (χ1n) is 4.70. The summed E-state index contributed by atoms with van der Waals surface area (Å²) >= 11 is 4.01. The van der Waals surface area contributed by atoms with Gasteiger partial charge in [0.2, 0.25) is 5.91 Å². The molecule has 0 saturated heterocycles. The van der Waals surface area contributed by atoms with Crippen molar-refractivity contribution in [1.82, 2.24) is 4.90 Å². The first-order chi connectivity index (χ1) is 5.79. The molecule has 1 saturated carbocycles. The molecule has 70 valence electrons. The fourth-order valence-electron chi connectivity index (χ4n) is 1.94. The minimum Gasteiger partial charge on any atom is -0.339 e. The number of hydrogen-bond acceptors (Lipinski definition) is 2. The summed E-state index contributed by atoms with van der Waals surface area (Å²) in [4.78, 5) is 13.4. The van der Waals surface area contributed by atoms with Crippen molar-refractivity contribution >= 4 is 18.5 Å². The van der Waals surface area contributed by atoms with E-state index in [1.54, 1.807) is 0 Å². The minimum absolute atomic E-state index is 0.188. The lowest BCUT2D eigenvalue weighted by molar-refractivity contribution is -0.130. The maximum atomic E-state index is 11.4. The quantitative estimate of drug-likeness (QED) is 0.667. The van der Waals surface area contributed by atoms with E-state index in [1.807, 2.05) is 11.8 Å². The third-order valence-corrected chi connectivity index (χ3v) is 2.83. The molecule has 0 radical (unpaired) electrons. The van der Waals surface area contributed by atoms with Gasteiger partial charge in [-0.05, 0) is 19.8 Å². The van der Waals surface area contributed by atoms with Crippen LogP contribution in [0.15, 0.2) is 0 Å². The van der Waals surface area contributed by atoms with Gasteiger partial charge < -0.3 is 4.90 Å². The summed E-state index contributed by atoms with van der Waals surface area (Å²) in [6.45, 7) is 2.88. The Balaban J connectivity index is 2.48. The molecule has 12 heavy (non-hydrogen) atoms. The first-order valence-corrected chi connectivity index (χ1v) is 5.33. The van der Waals surface area contributed by atoms with E-state index in [4.69, 9.17) is 0 Å².